The normalized spacial score (nSPS) is 20.5. The van der Waals surface area contributed by atoms with Crippen molar-refractivity contribution in [1.29, 1.82) is 0 Å². The first-order chi connectivity index (χ1) is 10.4. The molecule has 1 amide bonds. The number of carbonyl (C=O) groups is 1. The van der Waals surface area contributed by atoms with E-state index in [9.17, 15) is 13.2 Å². The predicted molar refractivity (Wildman–Crippen MR) is 83.1 cm³/mol. The van der Waals surface area contributed by atoms with E-state index in [2.05, 4.69) is 0 Å². The van der Waals surface area contributed by atoms with Crippen LogP contribution in [0.1, 0.15) is 17.9 Å². The largest absolute Gasteiger partial charge is 0.462 e. The second kappa shape index (κ2) is 7.11. The Balaban J connectivity index is 2.07. The second-order valence-electron chi connectivity index (χ2n) is 5.36. The average Bonchev–Trinajstić information content (AvgIpc) is 3.03. The lowest BCUT2D eigenvalue weighted by atomic mass is 10.2. The molecule has 1 aromatic heterocycles. The van der Waals surface area contributed by atoms with Gasteiger partial charge in [0, 0.05) is 25.8 Å². The summed E-state index contributed by atoms with van der Waals surface area (Å²) in [4.78, 5) is 13.9. The Kier molecular flexibility index (Phi) is 5.42. The number of sulfone groups is 1. The minimum atomic E-state index is -3.04. The molecule has 1 aliphatic rings. The van der Waals surface area contributed by atoms with E-state index < -0.39 is 9.84 Å². The molecule has 1 saturated heterocycles. The number of amides is 1. The Labute approximate surface area is 130 Å². The molecule has 1 atom stereocenters. The number of hydrogen-bond acceptors (Lipinski definition) is 5. The lowest BCUT2D eigenvalue weighted by Crippen LogP contribution is -2.42. The van der Waals surface area contributed by atoms with Crippen LogP contribution in [0.4, 0.5) is 0 Å². The fourth-order valence-corrected chi connectivity index (χ4v) is 4.21. The third-order valence-electron chi connectivity index (χ3n) is 3.62. The molecule has 1 aliphatic heterocycles. The topological polar surface area (TPSA) is 76.8 Å². The van der Waals surface area contributed by atoms with Crippen LogP contribution in [0.3, 0.4) is 0 Å². The molecule has 2 heterocycles. The second-order valence-corrected chi connectivity index (χ2v) is 7.59. The number of hydrogen-bond donors (Lipinski definition) is 0. The number of rotatable bonds is 6. The molecular formula is C15H21NO5S. The van der Waals surface area contributed by atoms with Crippen LogP contribution in [0.15, 0.2) is 22.6 Å². The highest BCUT2D eigenvalue weighted by Gasteiger charge is 2.33. The van der Waals surface area contributed by atoms with Gasteiger partial charge in [0.25, 0.3) is 0 Å². The van der Waals surface area contributed by atoms with Crippen molar-refractivity contribution in [3.8, 4) is 0 Å². The van der Waals surface area contributed by atoms with Gasteiger partial charge in [0.05, 0.1) is 18.1 Å². The number of nitrogens with zero attached hydrogens (tertiary/aromatic N) is 1. The van der Waals surface area contributed by atoms with Crippen molar-refractivity contribution >= 4 is 21.8 Å². The standard InChI is InChI=1S/C15H21NO5S/c1-12-3-4-14(21-12)5-6-15(17)16(8-9-20-2)13-7-10-22(18,19)11-13/h3-6,13H,7-11H2,1-2H3/b6-5+. The van der Waals surface area contributed by atoms with E-state index in [-0.39, 0.29) is 23.5 Å². The fraction of sp³-hybridized carbons (Fsp3) is 0.533. The molecule has 0 radical (unpaired) electrons. The molecular weight excluding hydrogens is 306 g/mol. The molecule has 122 valence electrons. The van der Waals surface area contributed by atoms with Crippen LogP contribution < -0.4 is 0 Å². The summed E-state index contributed by atoms with van der Waals surface area (Å²) in [5, 5.41) is 0. The maximum atomic E-state index is 12.4. The minimum absolute atomic E-state index is 0.0240. The van der Waals surface area contributed by atoms with Crippen molar-refractivity contribution in [2.75, 3.05) is 31.8 Å². The molecule has 1 aromatic rings. The number of aryl methyl sites for hydroxylation is 1. The van der Waals surface area contributed by atoms with Gasteiger partial charge >= 0.3 is 0 Å². The third kappa shape index (κ3) is 4.45. The summed E-state index contributed by atoms with van der Waals surface area (Å²) < 4.78 is 33.6. The van der Waals surface area contributed by atoms with Gasteiger partial charge in [-0.05, 0) is 31.6 Å². The molecule has 1 unspecified atom stereocenters. The van der Waals surface area contributed by atoms with Gasteiger partial charge in [0.2, 0.25) is 5.91 Å². The van der Waals surface area contributed by atoms with Gasteiger partial charge in [-0.1, -0.05) is 0 Å². The van der Waals surface area contributed by atoms with Crippen LogP contribution in [0.5, 0.6) is 0 Å². The van der Waals surface area contributed by atoms with Crippen LogP contribution in [-0.4, -0.2) is 57.0 Å². The van der Waals surface area contributed by atoms with Crippen molar-refractivity contribution in [3.05, 3.63) is 29.7 Å². The van der Waals surface area contributed by atoms with Gasteiger partial charge in [-0.2, -0.15) is 0 Å². The van der Waals surface area contributed by atoms with Gasteiger partial charge in [-0.3, -0.25) is 4.79 Å². The first-order valence-corrected chi connectivity index (χ1v) is 8.98. The highest BCUT2D eigenvalue weighted by atomic mass is 32.2. The molecule has 2 rings (SSSR count). The summed E-state index contributed by atoms with van der Waals surface area (Å²) >= 11 is 0. The van der Waals surface area contributed by atoms with E-state index in [0.29, 0.717) is 25.3 Å². The van der Waals surface area contributed by atoms with Crippen molar-refractivity contribution in [1.82, 2.24) is 4.90 Å². The zero-order chi connectivity index (χ0) is 16.2. The molecule has 6 nitrogen and oxygen atoms in total. The minimum Gasteiger partial charge on any atom is -0.462 e. The predicted octanol–water partition coefficient (Wildman–Crippen LogP) is 1.26. The Bertz CT molecular complexity index is 647. The summed E-state index contributed by atoms with van der Waals surface area (Å²) in [6.45, 7) is 2.57. The van der Waals surface area contributed by atoms with Crippen molar-refractivity contribution in [2.45, 2.75) is 19.4 Å². The zero-order valence-corrected chi connectivity index (χ0v) is 13.6. The molecule has 0 bridgehead atoms. The Hall–Kier alpha value is -1.60. The summed E-state index contributed by atoms with van der Waals surface area (Å²) in [5.41, 5.74) is 0. The van der Waals surface area contributed by atoms with Crippen LogP contribution in [0, 0.1) is 6.92 Å². The lowest BCUT2D eigenvalue weighted by molar-refractivity contribution is -0.128. The Morgan fingerprint density at radius 1 is 1.50 bits per heavy atom. The van der Waals surface area contributed by atoms with Gasteiger partial charge in [-0.25, -0.2) is 8.42 Å². The zero-order valence-electron chi connectivity index (χ0n) is 12.8. The molecule has 0 spiro atoms. The number of carbonyl (C=O) groups excluding carboxylic acids is 1. The molecule has 0 saturated carbocycles. The van der Waals surface area contributed by atoms with E-state index in [4.69, 9.17) is 9.15 Å². The third-order valence-corrected chi connectivity index (χ3v) is 5.37. The Morgan fingerprint density at radius 2 is 2.27 bits per heavy atom. The van der Waals surface area contributed by atoms with E-state index in [1.807, 2.05) is 13.0 Å². The molecule has 22 heavy (non-hydrogen) atoms. The van der Waals surface area contributed by atoms with E-state index in [1.54, 1.807) is 24.2 Å². The quantitative estimate of drug-likeness (QED) is 0.735. The number of ether oxygens (including phenoxy) is 1. The van der Waals surface area contributed by atoms with Gasteiger partial charge < -0.3 is 14.1 Å². The summed E-state index contributed by atoms with van der Waals surface area (Å²) in [5.74, 6) is 1.29. The first kappa shape index (κ1) is 16.8. The number of furan rings is 1. The molecule has 7 heteroatoms. The maximum Gasteiger partial charge on any atom is 0.247 e. The van der Waals surface area contributed by atoms with E-state index >= 15 is 0 Å². The van der Waals surface area contributed by atoms with Crippen molar-refractivity contribution < 1.29 is 22.4 Å². The van der Waals surface area contributed by atoms with Crippen molar-refractivity contribution in [3.63, 3.8) is 0 Å². The highest BCUT2D eigenvalue weighted by Crippen LogP contribution is 2.18. The smallest absolute Gasteiger partial charge is 0.247 e. The van der Waals surface area contributed by atoms with E-state index in [1.165, 1.54) is 6.08 Å². The van der Waals surface area contributed by atoms with Crippen LogP contribution in [0.25, 0.3) is 6.08 Å². The molecule has 1 fully saturated rings. The monoisotopic (exact) mass is 327 g/mol. The average molecular weight is 327 g/mol. The summed E-state index contributed by atoms with van der Waals surface area (Å²) in [6, 6.07) is 3.31. The SMILES string of the molecule is COCCN(C(=O)/C=C/c1ccc(C)o1)C1CCS(=O)(=O)C1. The van der Waals surface area contributed by atoms with Gasteiger partial charge in [0.15, 0.2) is 9.84 Å². The highest BCUT2D eigenvalue weighted by molar-refractivity contribution is 7.91. The lowest BCUT2D eigenvalue weighted by Gasteiger charge is -2.26. The summed E-state index contributed by atoms with van der Waals surface area (Å²) in [7, 11) is -1.49. The molecule has 0 aliphatic carbocycles. The van der Waals surface area contributed by atoms with Gasteiger partial charge in [0.1, 0.15) is 11.5 Å². The van der Waals surface area contributed by atoms with Crippen LogP contribution >= 0.6 is 0 Å². The van der Waals surface area contributed by atoms with Gasteiger partial charge in [-0.15, -0.1) is 0 Å². The van der Waals surface area contributed by atoms with Crippen molar-refractivity contribution in [2.24, 2.45) is 0 Å². The molecule has 0 N–H and O–H groups in total. The number of methoxy groups -OCH3 is 1. The first-order valence-electron chi connectivity index (χ1n) is 7.16. The maximum absolute atomic E-state index is 12.4. The van der Waals surface area contributed by atoms with E-state index in [0.717, 1.165) is 5.76 Å². The summed E-state index contributed by atoms with van der Waals surface area (Å²) in [6.07, 6.45) is 3.49. The van der Waals surface area contributed by atoms with Crippen LogP contribution in [-0.2, 0) is 19.4 Å². The van der Waals surface area contributed by atoms with Crippen LogP contribution in [0.2, 0.25) is 0 Å². The molecule has 0 aromatic carbocycles. The fourth-order valence-electron chi connectivity index (χ4n) is 2.48. The Morgan fingerprint density at radius 3 is 2.82 bits per heavy atom.